The monoisotopic (exact) mass is 334 g/mol. The van der Waals surface area contributed by atoms with Gasteiger partial charge in [-0.25, -0.2) is 9.97 Å². The van der Waals surface area contributed by atoms with Crippen LogP contribution in [0.25, 0.3) is 11.1 Å². The van der Waals surface area contributed by atoms with Crippen LogP contribution in [0.3, 0.4) is 0 Å². The fraction of sp³-hybridized carbons (Fsp3) is 0.562. The SMILES string of the molecule is Cc1oc2ncnc(OCC(=O)NCCN3CCOCC3)c2c1C. The molecule has 24 heavy (non-hydrogen) atoms. The molecule has 2 aromatic heterocycles. The summed E-state index contributed by atoms with van der Waals surface area (Å²) in [5, 5.41) is 3.57. The van der Waals surface area contributed by atoms with Crippen molar-refractivity contribution in [2.24, 2.45) is 0 Å². The molecule has 0 unspecified atom stereocenters. The number of ether oxygens (including phenoxy) is 2. The minimum absolute atomic E-state index is 0.0844. The zero-order valence-corrected chi connectivity index (χ0v) is 14.0. The molecule has 1 N–H and O–H groups in total. The number of nitrogens with one attached hydrogen (secondary N) is 1. The standard InChI is InChI=1S/C16H22N4O4/c1-11-12(2)24-16-14(11)15(18-10-19-16)23-9-13(21)17-3-4-20-5-7-22-8-6-20/h10H,3-9H2,1-2H3,(H,17,21). The van der Waals surface area contributed by atoms with Crippen molar-refractivity contribution in [3.05, 3.63) is 17.7 Å². The number of amides is 1. The van der Waals surface area contributed by atoms with Crippen molar-refractivity contribution in [2.75, 3.05) is 46.0 Å². The van der Waals surface area contributed by atoms with Gasteiger partial charge in [0.1, 0.15) is 17.5 Å². The Bertz CT molecular complexity index is 709. The van der Waals surface area contributed by atoms with Gasteiger partial charge in [0.2, 0.25) is 11.6 Å². The maximum atomic E-state index is 11.9. The molecule has 1 fully saturated rings. The fourth-order valence-electron chi connectivity index (χ4n) is 2.62. The normalized spacial score (nSPS) is 15.6. The Balaban J connectivity index is 1.49. The van der Waals surface area contributed by atoms with Crippen LogP contribution in [0.4, 0.5) is 0 Å². The van der Waals surface area contributed by atoms with Gasteiger partial charge in [-0.05, 0) is 13.8 Å². The van der Waals surface area contributed by atoms with E-state index in [9.17, 15) is 4.79 Å². The lowest BCUT2D eigenvalue weighted by Crippen LogP contribution is -2.42. The maximum absolute atomic E-state index is 11.9. The van der Waals surface area contributed by atoms with Crippen molar-refractivity contribution in [1.82, 2.24) is 20.2 Å². The number of rotatable bonds is 6. The van der Waals surface area contributed by atoms with Crippen LogP contribution in [0.5, 0.6) is 5.88 Å². The second-order valence-corrected chi connectivity index (χ2v) is 5.73. The van der Waals surface area contributed by atoms with Crippen molar-refractivity contribution in [2.45, 2.75) is 13.8 Å². The van der Waals surface area contributed by atoms with Crippen molar-refractivity contribution in [3.8, 4) is 5.88 Å². The van der Waals surface area contributed by atoms with Crippen molar-refractivity contribution in [3.63, 3.8) is 0 Å². The van der Waals surface area contributed by atoms with Gasteiger partial charge < -0.3 is 19.2 Å². The number of carbonyl (C=O) groups excluding carboxylic acids is 1. The molecular formula is C16H22N4O4. The zero-order valence-electron chi connectivity index (χ0n) is 14.0. The molecule has 0 spiro atoms. The third-order valence-corrected chi connectivity index (χ3v) is 4.12. The molecule has 1 saturated heterocycles. The van der Waals surface area contributed by atoms with Crippen LogP contribution in [0.15, 0.2) is 10.7 Å². The average molecular weight is 334 g/mol. The first-order valence-corrected chi connectivity index (χ1v) is 8.05. The molecule has 0 atom stereocenters. The summed E-state index contributed by atoms with van der Waals surface area (Å²) in [4.78, 5) is 22.4. The molecule has 0 aromatic carbocycles. The predicted molar refractivity (Wildman–Crippen MR) is 87.0 cm³/mol. The van der Waals surface area contributed by atoms with Crippen LogP contribution < -0.4 is 10.1 Å². The van der Waals surface area contributed by atoms with Gasteiger partial charge in [0.15, 0.2) is 6.61 Å². The van der Waals surface area contributed by atoms with Crippen molar-refractivity contribution in [1.29, 1.82) is 0 Å². The van der Waals surface area contributed by atoms with Crippen LogP contribution in [0.2, 0.25) is 0 Å². The molecule has 0 radical (unpaired) electrons. The number of morpholine rings is 1. The van der Waals surface area contributed by atoms with Crippen molar-refractivity contribution >= 4 is 17.0 Å². The Hall–Kier alpha value is -2.19. The molecule has 0 bridgehead atoms. The molecule has 3 heterocycles. The molecule has 0 aliphatic carbocycles. The number of fused-ring (bicyclic) bond motifs is 1. The first-order valence-electron chi connectivity index (χ1n) is 8.05. The lowest BCUT2D eigenvalue weighted by Gasteiger charge is -2.26. The number of hydrogen-bond donors (Lipinski definition) is 1. The first kappa shape index (κ1) is 16.7. The summed E-state index contributed by atoms with van der Waals surface area (Å²) in [6, 6.07) is 0. The van der Waals surface area contributed by atoms with Crippen LogP contribution in [-0.4, -0.2) is 66.8 Å². The average Bonchev–Trinajstić information content (AvgIpc) is 2.89. The van der Waals surface area contributed by atoms with E-state index in [-0.39, 0.29) is 12.5 Å². The summed E-state index contributed by atoms with van der Waals surface area (Å²) in [5.74, 6) is 0.968. The smallest absolute Gasteiger partial charge is 0.258 e. The van der Waals surface area contributed by atoms with E-state index in [0.29, 0.717) is 18.1 Å². The van der Waals surface area contributed by atoms with Crippen LogP contribution in [0, 0.1) is 13.8 Å². The van der Waals surface area contributed by atoms with Crippen LogP contribution in [-0.2, 0) is 9.53 Å². The molecule has 1 aliphatic heterocycles. The third-order valence-electron chi connectivity index (χ3n) is 4.12. The van der Waals surface area contributed by atoms with Gasteiger partial charge in [0.25, 0.3) is 5.91 Å². The van der Waals surface area contributed by atoms with Gasteiger partial charge in [-0.1, -0.05) is 0 Å². The Morgan fingerprint density at radius 1 is 1.33 bits per heavy atom. The van der Waals surface area contributed by atoms with E-state index >= 15 is 0 Å². The fourth-order valence-corrected chi connectivity index (χ4v) is 2.62. The van der Waals surface area contributed by atoms with E-state index in [1.165, 1.54) is 6.33 Å². The zero-order chi connectivity index (χ0) is 16.9. The molecule has 130 valence electrons. The summed E-state index contributed by atoms with van der Waals surface area (Å²) < 4.78 is 16.4. The molecule has 3 rings (SSSR count). The van der Waals surface area contributed by atoms with Gasteiger partial charge >= 0.3 is 0 Å². The van der Waals surface area contributed by atoms with Gasteiger partial charge in [-0.3, -0.25) is 9.69 Å². The highest BCUT2D eigenvalue weighted by atomic mass is 16.5. The third kappa shape index (κ3) is 3.82. The lowest BCUT2D eigenvalue weighted by atomic mass is 10.2. The molecule has 1 aliphatic rings. The highest BCUT2D eigenvalue weighted by molar-refractivity contribution is 5.84. The number of hydrogen-bond acceptors (Lipinski definition) is 7. The second-order valence-electron chi connectivity index (χ2n) is 5.73. The predicted octanol–water partition coefficient (Wildman–Crippen LogP) is 0.667. The topological polar surface area (TPSA) is 89.7 Å². The Labute approximate surface area is 140 Å². The van der Waals surface area contributed by atoms with E-state index in [4.69, 9.17) is 13.9 Å². The van der Waals surface area contributed by atoms with Gasteiger partial charge in [-0.2, -0.15) is 0 Å². The van der Waals surface area contributed by atoms with Gasteiger partial charge in [0.05, 0.1) is 13.2 Å². The van der Waals surface area contributed by atoms with Crippen molar-refractivity contribution < 1.29 is 18.7 Å². The number of nitrogens with zero attached hydrogens (tertiary/aromatic N) is 3. The molecule has 1 amide bonds. The second kappa shape index (κ2) is 7.59. The summed E-state index contributed by atoms with van der Waals surface area (Å²) in [7, 11) is 0. The molecule has 8 nitrogen and oxygen atoms in total. The van der Waals surface area contributed by atoms with E-state index in [2.05, 4.69) is 20.2 Å². The van der Waals surface area contributed by atoms with Gasteiger partial charge in [-0.15, -0.1) is 0 Å². The van der Waals surface area contributed by atoms with Gasteiger partial charge in [0, 0.05) is 31.7 Å². The molecular weight excluding hydrogens is 312 g/mol. The summed E-state index contributed by atoms with van der Waals surface area (Å²) in [6.45, 7) is 8.42. The Kier molecular flexibility index (Phi) is 5.27. The highest BCUT2D eigenvalue weighted by Crippen LogP contribution is 2.29. The number of carbonyl (C=O) groups is 1. The lowest BCUT2D eigenvalue weighted by molar-refractivity contribution is -0.123. The minimum Gasteiger partial charge on any atom is -0.467 e. The summed E-state index contributed by atoms with van der Waals surface area (Å²) in [6.07, 6.45) is 1.37. The van der Waals surface area contributed by atoms with Crippen LogP contribution >= 0.6 is 0 Å². The number of furan rings is 1. The number of aryl methyl sites for hydroxylation is 2. The number of aromatic nitrogens is 2. The van der Waals surface area contributed by atoms with Crippen LogP contribution in [0.1, 0.15) is 11.3 Å². The van der Waals surface area contributed by atoms with E-state index < -0.39 is 0 Å². The highest BCUT2D eigenvalue weighted by Gasteiger charge is 2.16. The Morgan fingerprint density at radius 2 is 2.12 bits per heavy atom. The first-order chi connectivity index (χ1) is 11.6. The largest absolute Gasteiger partial charge is 0.467 e. The molecule has 2 aromatic rings. The van der Waals surface area contributed by atoms with E-state index in [0.717, 1.165) is 49.6 Å². The Morgan fingerprint density at radius 3 is 2.92 bits per heavy atom. The molecule has 0 saturated carbocycles. The quantitative estimate of drug-likeness (QED) is 0.830. The molecule has 8 heteroatoms. The summed E-state index contributed by atoms with van der Waals surface area (Å²) in [5.41, 5.74) is 1.40. The maximum Gasteiger partial charge on any atom is 0.258 e. The summed E-state index contributed by atoms with van der Waals surface area (Å²) >= 11 is 0. The minimum atomic E-state index is -0.173. The van der Waals surface area contributed by atoms with E-state index in [1.807, 2.05) is 13.8 Å². The van der Waals surface area contributed by atoms with E-state index in [1.54, 1.807) is 0 Å².